The molecule has 1 heterocycles. The summed E-state index contributed by atoms with van der Waals surface area (Å²) >= 11 is 0. The van der Waals surface area contributed by atoms with Crippen LogP contribution >= 0.6 is 0 Å². The first-order valence-corrected chi connectivity index (χ1v) is 18.5. The first-order valence-electron chi connectivity index (χ1n) is 12.7. The van der Waals surface area contributed by atoms with Crippen molar-refractivity contribution in [2.24, 2.45) is 0 Å². The molecule has 3 rings (SSSR count). The van der Waals surface area contributed by atoms with E-state index in [4.69, 9.17) is 13.6 Å². The summed E-state index contributed by atoms with van der Waals surface area (Å²) in [6.07, 6.45) is 1.20. The van der Waals surface area contributed by atoms with Gasteiger partial charge in [-0.25, -0.2) is 0 Å². The number of benzene rings is 2. The van der Waals surface area contributed by atoms with Gasteiger partial charge in [0.25, 0.3) is 0 Å². The molecule has 2 aromatic rings. The molecule has 1 saturated heterocycles. The van der Waals surface area contributed by atoms with Crippen molar-refractivity contribution in [1.82, 2.24) is 0 Å². The number of hydrogen-bond donors (Lipinski definition) is 0. The highest BCUT2D eigenvalue weighted by Gasteiger charge is 2.43. The average Bonchev–Trinajstić information content (AvgIpc) is 3.09. The van der Waals surface area contributed by atoms with Crippen molar-refractivity contribution in [3.05, 3.63) is 59.7 Å². The molecule has 0 amide bonds. The van der Waals surface area contributed by atoms with Gasteiger partial charge >= 0.3 is 0 Å². The van der Waals surface area contributed by atoms with Gasteiger partial charge in [-0.15, -0.1) is 0 Å². The Kier molecular flexibility index (Phi) is 7.27. The summed E-state index contributed by atoms with van der Waals surface area (Å²) in [6.45, 7) is 25.7. The summed E-state index contributed by atoms with van der Waals surface area (Å²) in [5.41, 5.74) is 2.43. The molecule has 0 spiro atoms. The summed E-state index contributed by atoms with van der Waals surface area (Å²) in [5, 5.41) is 0.353. The van der Waals surface area contributed by atoms with Crippen LogP contribution in [-0.4, -0.2) is 29.3 Å². The third-order valence-electron chi connectivity index (χ3n) is 8.42. The zero-order valence-electron chi connectivity index (χ0n) is 23.3. The van der Waals surface area contributed by atoms with Crippen LogP contribution in [0, 0.1) is 0 Å². The number of ether oxygens (including phenoxy) is 1. The summed E-state index contributed by atoms with van der Waals surface area (Å²) in [7, 11) is -3.73. The van der Waals surface area contributed by atoms with E-state index < -0.39 is 16.6 Å². The van der Waals surface area contributed by atoms with Crippen molar-refractivity contribution < 1.29 is 13.6 Å². The van der Waals surface area contributed by atoms with Crippen molar-refractivity contribution in [3.63, 3.8) is 0 Å². The Bertz CT molecular complexity index is 893. The maximum absolute atomic E-state index is 6.53. The van der Waals surface area contributed by atoms with Crippen molar-refractivity contribution in [2.45, 2.75) is 103 Å². The molecule has 1 fully saturated rings. The van der Waals surface area contributed by atoms with Gasteiger partial charge in [-0.3, -0.25) is 0 Å². The van der Waals surface area contributed by atoms with Crippen molar-refractivity contribution in [1.29, 1.82) is 0 Å². The van der Waals surface area contributed by atoms with Gasteiger partial charge < -0.3 is 13.6 Å². The van der Waals surface area contributed by atoms with Gasteiger partial charge in [0.15, 0.2) is 0 Å². The van der Waals surface area contributed by atoms with E-state index in [1.165, 1.54) is 11.1 Å². The fourth-order valence-corrected chi connectivity index (χ4v) is 6.10. The largest absolute Gasteiger partial charge is 0.544 e. The summed E-state index contributed by atoms with van der Waals surface area (Å²) in [4.78, 5) is 0. The SMILES string of the molecule is C[C@H]1CC(c2ccc(O[Si](C)(C)C(C)(C)C)cc2)(c2ccc(O[Si](C)(C)C(C)(C)C)cc2)CO1. The van der Waals surface area contributed by atoms with Crippen LogP contribution in [0.4, 0.5) is 0 Å². The Balaban J connectivity index is 1.89. The Morgan fingerprint density at radius 2 is 1.06 bits per heavy atom. The van der Waals surface area contributed by atoms with Crippen LogP contribution in [0.3, 0.4) is 0 Å². The molecule has 2 aromatic carbocycles. The van der Waals surface area contributed by atoms with Crippen LogP contribution in [0.15, 0.2) is 48.5 Å². The summed E-state index contributed by atoms with van der Waals surface area (Å²) < 4.78 is 19.2. The van der Waals surface area contributed by atoms with Crippen LogP contribution < -0.4 is 8.85 Å². The molecular formula is C29H46O3Si2. The molecule has 0 N–H and O–H groups in total. The van der Waals surface area contributed by atoms with E-state index in [9.17, 15) is 0 Å². The van der Waals surface area contributed by atoms with Gasteiger partial charge in [-0.2, -0.15) is 0 Å². The molecule has 0 bridgehead atoms. The van der Waals surface area contributed by atoms with Crippen LogP contribution in [0.5, 0.6) is 11.5 Å². The third kappa shape index (κ3) is 5.47. The molecule has 0 aromatic heterocycles. The molecule has 0 saturated carbocycles. The summed E-state index contributed by atoms with van der Waals surface area (Å²) in [6, 6.07) is 17.6. The molecule has 1 aliphatic heterocycles. The lowest BCUT2D eigenvalue weighted by Gasteiger charge is -2.37. The van der Waals surface area contributed by atoms with E-state index in [-0.39, 0.29) is 21.6 Å². The number of hydrogen-bond acceptors (Lipinski definition) is 3. The second-order valence-corrected chi connectivity index (χ2v) is 22.6. The predicted molar refractivity (Wildman–Crippen MR) is 149 cm³/mol. The molecule has 0 aliphatic carbocycles. The highest BCUT2D eigenvalue weighted by atomic mass is 28.4. The fraction of sp³-hybridized carbons (Fsp3) is 0.586. The molecule has 1 atom stereocenters. The van der Waals surface area contributed by atoms with Gasteiger partial charge in [0.2, 0.25) is 16.6 Å². The van der Waals surface area contributed by atoms with Gasteiger partial charge in [0.05, 0.1) is 12.7 Å². The Hall–Kier alpha value is -1.57. The molecule has 0 radical (unpaired) electrons. The van der Waals surface area contributed by atoms with E-state index in [1.54, 1.807) is 0 Å². The Morgan fingerprint density at radius 3 is 1.32 bits per heavy atom. The molecule has 5 heteroatoms. The third-order valence-corrected chi connectivity index (χ3v) is 17.1. The zero-order chi connectivity index (χ0) is 25.6. The van der Waals surface area contributed by atoms with Gasteiger partial charge in [-0.05, 0) is 85.0 Å². The summed E-state index contributed by atoms with van der Waals surface area (Å²) in [5.74, 6) is 1.94. The van der Waals surface area contributed by atoms with Crippen LogP contribution in [0.2, 0.25) is 36.3 Å². The van der Waals surface area contributed by atoms with Gasteiger partial charge in [-0.1, -0.05) is 65.8 Å². The van der Waals surface area contributed by atoms with E-state index >= 15 is 0 Å². The second kappa shape index (κ2) is 9.14. The minimum atomic E-state index is -1.86. The minimum absolute atomic E-state index is 0.148. The lowest BCUT2D eigenvalue weighted by Crippen LogP contribution is -2.43. The first-order chi connectivity index (χ1) is 15.5. The van der Waals surface area contributed by atoms with Crippen molar-refractivity contribution in [2.75, 3.05) is 6.61 Å². The number of rotatable bonds is 6. The van der Waals surface area contributed by atoms with Crippen LogP contribution in [-0.2, 0) is 10.2 Å². The average molecular weight is 499 g/mol. The van der Waals surface area contributed by atoms with E-state index in [2.05, 4.69) is 123 Å². The fourth-order valence-electron chi connectivity index (χ4n) is 4.04. The van der Waals surface area contributed by atoms with Crippen molar-refractivity contribution in [3.8, 4) is 11.5 Å². The highest BCUT2D eigenvalue weighted by Crippen LogP contribution is 2.44. The highest BCUT2D eigenvalue weighted by molar-refractivity contribution is 6.75. The lowest BCUT2D eigenvalue weighted by molar-refractivity contribution is 0.119. The standard InChI is InChI=1S/C29H46O3Si2/c1-22-20-29(21-30-22,23-12-16-25(17-13-23)31-33(8,9)27(2,3)4)24-14-18-26(19-15-24)32-34(10,11)28(5,6)7/h12-19,22H,20-21H2,1-11H3/t22-/m0/s1. The molecule has 34 heavy (non-hydrogen) atoms. The minimum Gasteiger partial charge on any atom is -0.544 e. The molecule has 1 aliphatic rings. The van der Waals surface area contributed by atoms with Crippen molar-refractivity contribution >= 4 is 16.6 Å². The predicted octanol–water partition coefficient (Wildman–Crippen LogP) is 8.55. The second-order valence-electron chi connectivity index (χ2n) is 13.2. The Morgan fingerprint density at radius 1 is 0.706 bits per heavy atom. The first kappa shape index (κ1) is 27.0. The molecule has 0 unspecified atom stereocenters. The topological polar surface area (TPSA) is 27.7 Å². The van der Waals surface area contributed by atoms with Gasteiger partial charge in [0, 0.05) is 5.41 Å². The molecule has 188 valence electrons. The molecular weight excluding hydrogens is 452 g/mol. The van der Waals surface area contributed by atoms with Crippen LogP contribution in [0.25, 0.3) is 0 Å². The van der Waals surface area contributed by atoms with E-state index in [1.807, 2.05) is 0 Å². The van der Waals surface area contributed by atoms with E-state index in [0.717, 1.165) is 17.9 Å². The normalized spacial score (nSPS) is 19.2. The van der Waals surface area contributed by atoms with Gasteiger partial charge in [0.1, 0.15) is 11.5 Å². The lowest BCUT2D eigenvalue weighted by atomic mass is 9.73. The monoisotopic (exact) mass is 498 g/mol. The Labute approximate surface area is 210 Å². The zero-order valence-corrected chi connectivity index (χ0v) is 25.3. The maximum atomic E-state index is 6.53. The molecule has 3 nitrogen and oxygen atoms in total. The van der Waals surface area contributed by atoms with Crippen LogP contribution in [0.1, 0.15) is 66.0 Å². The van der Waals surface area contributed by atoms with E-state index in [0.29, 0.717) is 6.61 Å². The maximum Gasteiger partial charge on any atom is 0.250 e. The smallest absolute Gasteiger partial charge is 0.250 e. The quantitative estimate of drug-likeness (QED) is 0.373.